The monoisotopic (exact) mass is 403 g/mol. The maximum atomic E-state index is 13.9. The van der Waals surface area contributed by atoms with Gasteiger partial charge in [-0.15, -0.1) is 0 Å². The minimum absolute atomic E-state index is 0.0996. The van der Waals surface area contributed by atoms with Crippen molar-refractivity contribution in [2.45, 2.75) is 19.1 Å². The van der Waals surface area contributed by atoms with E-state index in [0.29, 0.717) is 0 Å². The SMILES string of the molecule is O=C(OCc1ccccc1F)[C@H](Cc1ccccc1)N1C(=O)c2ccccc2C1=O. The molecular formula is C24H18FNO4. The van der Waals surface area contributed by atoms with Crippen LogP contribution in [0, 0.1) is 5.82 Å². The highest BCUT2D eigenvalue weighted by Gasteiger charge is 2.43. The van der Waals surface area contributed by atoms with Crippen molar-refractivity contribution < 1.29 is 23.5 Å². The lowest BCUT2D eigenvalue weighted by Gasteiger charge is -2.25. The van der Waals surface area contributed by atoms with E-state index >= 15 is 0 Å². The molecule has 6 heteroatoms. The molecular weight excluding hydrogens is 385 g/mol. The lowest BCUT2D eigenvalue weighted by atomic mass is 10.0. The molecule has 3 aromatic rings. The zero-order valence-electron chi connectivity index (χ0n) is 16.0. The summed E-state index contributed by atoms with van der Waals surface area (Å²) < 4.78 is 19.2. The normalized spacial score (nSPS) is 13.8. The molecule has 1 heterocycles. The number of imide groups is 1. The summed E-state index contributed by atoms with van der Waals surface area (Å²) in [4.78, 5) is 39.7. The molecule has 0 fully saturated rings. The highest BCUT2D eigenvalue weighted by molar-refractivity contribution is 6.22. The van der Waals surface area contributed by atoms with Gasteiger partial charge in [-0.1, -0.05) is 60.7 Å². The van der Waals surface area contributed by atoms with Gasteiger partial charge >= 0.3 is 5.97 Å². The second-order valence-electron chi connectivity index (χ2n) is 6.93. The Morgan fingerprint density at radius 2 is 1.40 bits per heavy atom. The minimum atomic E-state index is -1.16. The third kappa shape index (κ3) is 3.72. The van der Waals surface area contributed by atoms with Crippen LogP contribution in [0.4, 0.5) is 4.39 Å². The van der Waals surface area contributed by atoms with E-state index in [1.807, 2.05) is 6.07 Å². The summed E-state index contributed by atoms with van der Waals surface area (Å²) in [7, 11) is 0. The van der Waals surface area contributed by atoms with E-state index < -0.39 is 29.6 Å². The Morgan fingerprint density at radius 3 is 2.03 bits per heavy atom. The molecule has 0 aliphatic carbocycles. The van der Waals surface area contributed by atoms with Crippen molar-refractivity contribution in [3.05, 3.63) is 107 Å². The van der Waals surface area contributed by atoms with Crippen LogP contribution in [0.2, 0.25) is 0 Å². The summed E-state index contributed by atoms with van der Waals surface area (Å²) >= 11 is 0. The van der Waals surface area contributed by atoms with Gasteiger partial charge in [0.2, 0.25) is 0 Å². The number of carbonyl (C=O) groups excluding carboxylic acids is 3. The van der Waals surface area contributed by atoms with Crippen LogP contribution in [-0.4, -0.2) is 28.7 Å². The molecule has 4 rings (SSSR count). The van der Waals surface area contributed by atoms with E-state index in [-0.39, 0.29) is 29.7 Å². The molecule has 5 nitrogen and oxygen atoms in total. The number of fused-ring (bicyclic) bond motifs is 1. The van der Waals surface area contributed by atoms with Crippen LogP contribution in [-0.2, 0) is 22.6 Å². The maximum absolute atomic E-state index is 13.9. The molecule has 2 amide bonds. The van der Waals surface area contributed by atoms with Gasteiger partial charge in [0.25, 0.3) is 11.8 Å². The Bertz CT molecular complexity index is 1080. The van der Waals surface area contributed by atoms with Crippen LogP contribution in [0.1, 0.15) is 31.8 Å². The summed E-state index contributed by atoms with van der Waals surface area (Å²) in [5.41, 5.74) is 1.48. The number of halogens is 1. The molecule has 3 aromatic carbocycles. The topological polar surface area (TPSA) is 63.7 Å². The molecule has 1 atom stereocenters. The fraction of sp³-hybridized carbons (Fsp3) is 0.125. The zero-order valence-corrected chi connectivity index (χ0v) is 16.0. The molecule has 0 bridgehead atoms. The Labute approximate surface area is 172 Å². The first-order chi connectivity index (χ1) is 14.6. The van der Waals surface area contributed by atoms with Crippen molar-refractivity contribution in [3.63, 3.8) is 0 Å². The Kier molecular flexibility index (Phi) is 5.39. The highest BCUT2D eigenvalue weighted by Crippen LogP contribution is 2.26. The van der Waals surface area contributed by atoms with E-state index in [1.165, 1.54) is 18.2 Å². The van der Waals surface area contributed by atoms with E-state index in [2.05, 4.69) is 0 Å². The number of amides is 2. The van der Waals surface area contributed by atoms with Gasteiger partial charge in [-0.2, -0.15) is 0 Å². The van der Waals surface area contributed by atoms with Gasteiger partial charge in [0.1, 0.15) is 18.5 Å². The molecule has 150 valence electrons. The molecule has 30 heavy (non-hydrogen) atoms. The smallest absolute Gasteiger partial charge is 0.330 e. The molecule has 1 aliphatic rings. The number of ether oxygens (including phenoxy) is 1. The van der Waals surface area contributed by atoms with Crippen LogP contribution in [0.5, 0.6) is 0 Å². The number of hydrogen-bond acceptors (Lipinski definition) is 4. The summed E-state index contributed by atoms with van der Waals surface area (Å²) in [6.45, 7) is -0.292. The maximum Gasteiger partial charge on any atom is 0.330 e. The molecule has 0 spiro atoms. The van der Waals surface area contributed by atoms with Crippen LogP contribution in [0.25, 0.3) is 0 Å². The van der Waals surface area contributed by atoms with Crippen LogP contribution in [0.15, 0.2) is 78.9 Å². The molecule has 0 aromatic heterocycles. The van der Waals surface area contributed by atoms with Crippen molar-refractivity contribution in [2.24, 2.45) is 0 Å². The van der Waals surface area contributed by atoms with Gasteiger partial charge in [0.15, 0.2) is 0 Å². The predicted octanol–water partition coefficient (Wildman–Crippen LogP) is 3.78. The van der Waals surface area contributed by atoms with Gasteiger partial charge in [-0.3, -0.25) is 14.5 Å². The number of rotatable bonds is 6. The van der Waals surface area contributed by atoms with Crippen LogP contribution >= 0.6 is 0 Å². The molecule has 1 aliphatic heterocycles. The summed E-state index contributed by atoms with van der Waals surface area (Å²) in [6.07, 6.45) is 0.0996. The fourth-order valence-electron chi connectivity index (χ4n) is 3.47. The first-order valence-corrected chi connectivity index (χ1v) is 9.47. The second kappa shape index (κ2) is 8.29. The van der Waals surface area contributed by atoms with Crippen LogP contribution < -0.4 is 0 Å². The summed E-state index contributed by atoms with van der Waals surface area (Å²) in [5.74, 6) is -2.35. The number of nitrogens with zero attached hydrogens (tertiary/aromatic N) is 1. The van der Waals surface area contributed by atoms with Crippen molar-refractivity contribution in [1.29, 1.82) is 0 Å². The summed E-state index contributed by atoms with van der Waals surface area (Å²) in [6, 6.07) is 20.3. The third-order valence-corrected chi connectivity index (χ3v) is 5.01. The molecule has 0 unspecified atom stereocenters. The molecule has 0 saturated carbocycles. The highest BCUT2D eigenvalue weighted by atomic mass is 19.1. The lowest BCUT2D eigenvalue weighted by Crippen LogP contribution is -2.47. The molecule has 0 radical (unpaired) electrons. The van der Waals surface area contributed by atoms with Gasteiger partial charge in [-0.05, 0) is 23.8 Å². The van der Waals surface area contributed by atoms with Crippen molar-refractivity contribution in [2.75, 3.05) is 0 Å². The van der Waals surface area contributed by atoms with Gasteiger partial charge in [-0.25, -0.2) is 9.18 Å². The van der Waals surface area contributed by atoms with Gasteiger partial charge in [0.05, 0.1) is 11.1 Å². The van der Waals surface area contributed by atoms with E-state index in [4.69, 9.17) is 4.74 Å². The van der Waals surface area contributed by atoms with Crippen LogP contribution in [0.3, 0.4) is 0 Å². The summed E-state index contributed by atoms with van der Waals surface area (Å²) in [5, 5.41) is 0. The van der Waals surface area contributed by atoms with Crippen molar-refractivity contribution >= 4 is 17.8 Å². The van der Waals surface area contributed by atoms with Crippen molar-refractivity contribution in [3.8, 4) is 0 Å². The Morgan fingerprint density at radius 1 is 0.833 bits per heavy atom. The zero-order chi connectivity index (χ0) is 21.1. The standard InChI is InChI=1S/C24H18FNO4/c25-20-13-7-4-10-17(20)15-30-24(29)21(14-16-8-2-1-3-9-16)26-22(27)18-11-5-6-12-19(18)23(26)28/h1-13,21H,14-15H2/t21-/m0/s1. The number of benzene rings is 3. The number of esters is 1. The predicted molar refractivity (Wildman–Crippen MR) is 107 cm³/mol. The largest absolute Gasteiger partial charge is 0.459 e. The number of hydrogen-bond donors (Lipinski definition) is 0. The first-order valence-electron chi connectivity index (χ1n) is 9.47. The first kappa shape index (κ1) is 19.5. The second-order valence-corrected chi connectivity index (χ2v) is 6.93. The van der Waals surface area contributed by atoms with Gasteiger partial charge < -0.3 is 4.74 Å². The fourth-order valence-corrected chi connectivity index (χ4v) is 3.47. The number of carbonyl (C=O) groups is 3. The van der Waals surface area contributed by atoms with E-state index in [0.717, 1.165) is 10.5 Å². The third-order valence-electron chi connectivity index (χ3n) is 5.01. The van der Waals surface area contributed by atoms with E-state index in [1.54, 1.807) is 54.6 Å². The van der Waals surface area contributed by atoms with Gasteiger partial charge in [0, 0.05) is 12.0 Å². The Balaban J connectivity index is 1.62. The minimum Gasteiger partial charge on any atom is -0.459 e. The average molecular weight is 403 g/mol. The molecule has 0 saturated heterocycles. The lowest BCUT2D eigenvalue weighted by molar-refractivity contribution is -0.149. The van der Waals surface area contributed by atoms with E-state index in [9.17, 15) is 18.8 Å². The average Bonchev–Trinajstić information content (AvgIpc) is 3.02. The Hall–Kier alpha value is -3.80. The van der Waals surface area contributed by atoms with Crippen molar-refractivity contribution in [1.82, 2.24) is 4.90 Å². The molecule has 0 N–H and O–H groups in total. The quantitative estimate of drug-likeness (QED) is 0.464.